The monoisotopic (exact) mass is 261 g/mol. The Balaban J connectivity index is 1.97. The number of aryl methyl sites for hydroxylation is 1. The third-order valence-corrected chi connectivity index (χ3v) is 4.09. The molecule has 2 rings (SSSR count). The summed E-state index contributed by atoms with van der Waals surface area (Å²) in [5.74, 6) is 0.720. The fourth-order valence-electron chi connectivity index (χ4n) is 2.75. The van der Waals surface area contributed by atoms with Crippen molar-refractivity contribution in [1.29, 1.82) is 0 Å². The number of carbonyl (C=O) groups excluding carboxylic acids is 1. The highest BCUT2D eigenvalue weighted by Gasteiger charge is 2.29. The first-order chi connectivity index (χ1) is 9.11. The number of benzene rings is 1. The van der Waals surface area contributed by atoms with Crippen LogP contribution in [0.2, 0.25) is 0 Å². The second kappa shape index (κ2) is 6.20. The van der Waals surface area contributed by atoms with Crippen LogP contribution in [-0.4, -0.2) is 37.6 Å². The van der Waals surface area contributed by atoms with Crippen molar-refractivity contribution in [2.75, 3.05) is 26.8 Å². The number of rotatable bonds is 5. The van der Waals surface area contributed by atoms with Crippen LogP contribution in [0.25, 0.3) is 0 Å². The second-order valence-corrected chi connectivity index (χ2v) is 5.47. The largest absolute Gasteiger partial charge is 0.383 e. The number of amides is 1. The smallest absolute Gasteiger partial charge is 0.223 e. The quantitative estimate of drug-likeness (QED) is 0.814. The molecular formula is C16H23NO2. The summed E-state index contributed by atoms with van der Waals surface area (Å²) in [5, 5.41) is 0. The molecule has 104 valence electrons. The summed E-state index contributed by atoms with van der Waals surface area (Å²) in [6, 6.07) is 6.44. The van der Waals surface area contributed by atoms with Crippen LogP contribution in [0.5, 0.6) is 0 Å². The van der Waals surface area contributed by atoms with Gasteiger partial charge in [-0.2, -0.15) is 0 Å². The van der Waals surface area contributed by atoms with Gasteiger partial charge in [-0.3, -0.25) is 4.79 Å². The summed E-state index contributed by atoms with van der Waals surface area (Å²) in [7, 11) is 1.67. The molecule has 1 aromatic carbocycles. The molecule has 0 spiro atoms. The van der Waals surface area contributed by atoms with Crippen molar-refractivity contribution in [1.82, 2.24) is 4.90 Å². The molecule has 0 bridgehead atoms. The van der Waals surface area contributed by atoms with E-state index >= 15 is 0 Å². The van der Waals surface area contributed by atoms with Gasteiger partial charge in [0, 0.05) is 26.6 Å². The molecule has 1 aliphatic rings. The minimum atomic E-state index is 0.271. The number of carbonyl (C=O) groups is 1. The van der Waals surface area contributed by atoms with Crippen LogP contribution in [0.4, 0.5) is 0 Å². The van der Waals surface area contributed by atoms with Crippen molar-refractivity contribution in [2.24, 2.45) is 5.92 Å². The Morgan fingerprint density at radius 3 is 2.89 bits per heavy atom. The van der Waals surface area contributed by atoms with Crippen molar-refractivity contribution < 1.29 is 9.53 Å². The molecule has 1 amide bonds. The highest BCUT2D eigenvalue weighted by molar-refractivity contribution is 5.78. The summed E-state index contributed by atoms with van der Waals surface area (Å²) >= 11 is 0. The van der Waals surface area contributed by atoms with E-state index in [9.17, 15) is 4.79 Å². The van der Waals surface area contributed by atoms with Gasteiger partial charge in [0.25, 0.3) is 0 Å². The maximum atomic E-state index is 11.9. The molecule has 1 atom stereocenters. The van der Waals surface area contributed by atoms with E-state index in [0.717, 1.165) is 19.5 Å². The lowest BCUT2D eigenvalue weighted by atomic mass is 9.93. The van der Waals surface area contributed by atoms with Gasteiger partial charge in [-0.15, -0.1) is 0 Å². The first kappa shape index (κ1) is 14.1. The minimum Gasteiger partial charge on any atom is -0.383 e. The van der Waals surface area contributed by atoms with Crippen LogP contribution in [0.3, 0.4) is 0 Å². The molecule has 19 heavy (non-hydrogen) atoms. The van der Waals surface area contributed by atoms with Gasteiger partial charge in [-0.05, 0) is 42.9 Å². The van der Waals surface area contributed by atoms with Gasteiger partial charge in [0.2, 0.25) is 5.91 Å². The Morgan fingerprint density at radius 1 is 1.37 bits per heavy atom. The minimum absolute atomic E-state index is 0.271. The summed E-state index contributed by atoms with van der Waals surface area (Å²) in [5.41, 5.74) is 4.08. The predicted molar refractivity (Wildman–Crippen MR) is 76.2 cm³/mol. The lowest BCUT2D eigenvalue weighted by Gasteiger charge is -2.16. The molecule has 1 saturated heterocycles. The Labute approximate surface area is 115 Å². The van der Waals surface area contributed by atoms with Crippen LogP contribution in [0.15, 0.2) is 18.2 Å². The maximum Gasteiger partial charge on any atom is 0.223 e. The van der Waals surface area contributed by atoms with Crippen molar-refractivity contribution >= 4 is 5.91 Å². The number of nitrogens with zero attached hydrogens (tertiary/aromatic N) is 1. The third kappa shape index (κ3) is 3.35. The third-order valence-electron chi connectivity index (χ3n) is 4.09. The van der Waals surface area contributed by atoms with Crippen molar-refractivity contribution in [3.63, 3.8) is 0 Å². The van der Waals surface area contributed by atoms with E-state index < -0.39 is 0 Å². The predicted octanol–water partition coefficient (Wildman–Crippen LogP) is 2.34. The number of hydrogen-bond donors (Lipinski definition) is 0. The number of ether oxygens (including phenoxy) is 1. The Kier molecular flexibility index (Phi) is 4.59. The van der Waals surface area contributed by atoms with Crippen LogP contribution in [0, 0.1) is 19.8 Å². The van der Waals surface area contributed by atoms with Gasteiger partial charge in [0.1, 0.15) is 0 Å². The molecule has 0 aliphatic carbocycles. The summed E-state index contributed by atoms with van der Waals surface area (Å²) in [4.78, 5) is 13.8. The first-order valence-corrected chi connectivity index (χ1v) is 6.93. The zero-order valence-corrected chi connectivity index (χ0v) is 12.1. The van der Waals surface area contributed by atoms with E-state index in [1.807, 2.05) is 4.90 Å². The van der Waals surface area contributed by atoms with E-state index in [4.69, 9.17) is 4.74 Å². The summed E-state index contributed by atoms with van der Waals surface area (Å²) in [6.07, 6.45) is 1.68. The lowest BCUT2D eigenvalue weighted by Crippen LogP contribution is -2.28. The Bertz CT molecular complexity index is 456. The molecule has 0 N–H and O–H groups in total. The summed E-state index contributed by atoms with van der Waals surface area (Å²) in [6.45, 7) is 6.53. The molecule has 1 aromatic rings. The molecule has 0 unspecified atom stereocenters. The van der Waals surface area contributed by atoms with Gasteiger partial charge in [0.15, 0.2) is 0 Å². The lowest BCUT2D eigenvalue weighted by molar-refractivity contribution is -0.128. The van der Waals surface area contributed by atoms with Gasteiger partial charge in [-0.1, -0.05) is 18.2 Å². The van der Waals surface area contributed by atoms with E-state index in [1.54, 1.807) is 7.11 Å². The number of methoxy groups -OCH3 is 1. The maximum absolute atomic E-state index is 11.9. The average Bonchev–Trinajstić information content (AvgIpc) is 2.73. The van der Waals surface area contributed by atoms with Gasteiger partial charge in [0.05, 0.1) is 6.61 Å². The molecule has 3 nitrogen and oxygen atoms in total. The highest BCUT2D eigenvalue weighted by atomic mass is 16.5. The van der Waals surface area contributed by atoms with E-state index in [-0.39, 0.29) is 5.91 Å². The Hall–Kier alpha value is -1.35. The fourth-order valence-corrected chi connectivity index (χ4v) is 2.75. The average molecular weight is 261 g/mol. The van der Waals surface area contributed by atoms with E-state index in [1.165, 1.54) is 16.7 Å². The van der Waals surface area contributed by atoms with Crippen LogP contribution < -0.4 is 0 Å². The SMILES string of the molecule is COCCN1C[C@H](Cc2cccc(C)c2C)CC1=O. The van der Waals surface area contributed by atoms with Crippen molar-refractivity contribution in [2.45, 2.75) is 26.7 Å². The zero-order valence-electron chi connectivity index (χ0n) is 12.1. The van der Waals surface area contributed by atoms with Gasteiger partial charge >= 0.3 is 0 Å². The van der Waals surface area contributed by atoms with Crippen LogP contribution in [0.1, 0.15) is 23.1 Å². The van der Waals surface area contributed by atoms with Crippen molar-refractivity contribution in [3.05, 3.63) is 34.9 Å². The number of hydrogen-bond acceptors (Lipinski definition) is 2. The standard InChI is InChI=1S/C16H23NO2/c1-12-5-4-6-15(13(12)2)9-14-10-16(18)17(11-14)7-8-19-3/h4-6,14H,7-11H2,1-3H3/t14-/m1/s1. The van der Waals surface area contributed by atoms with Crippen LogP contribution >= 0.6 is 0 Å². The molecular weight excluding hydrogens is 238 g/mol. The van der Waals surface area contributed by atoms with E-state index in [0.29, 0.717) is 18.9 Å². The Morgan fingerprint density at radius 2 is 2.16 bits per heavy atom. The highest BCUT2D eigenvalue weighted by Crippen LogP contribution is 2.24. The fraction of sp³-hybridized carbons (Fsp3) is 0.562. The number of likely N-dealkylation sites (tertiary alicyclic amines) is 1. The van der Waals surface area contributed by atoms with Gasteiger partial charge < -0.3 is 9.64 Å². The molecule has 3 heteroatoms. The zero-order chi connectivity index (χ0) is 13.8. The molecule has 1 aliphatic heterocycles. The topological polar surface area (TPSA) is 29.5 Å². The van der Waals surface area contributed by atoms with Crippen molar-refractivity contribution in [3.8, 4) is 0 Å². The molecule has 0 radical (unpaired) electrons. The van der Waals surface area contributed by atoms with E-state index in [2.05, 4.69) is 32.0 Å². The first-order valence-electron chi connectivity index (χ1n) is 6.93. The normalized spacial score (nSPS) is 19.2. The molecule has 1 fully saturated rings. The molecule has 0 saturated carbocycles. The van der Waals surface area contributed by atoms with Crippen LogP contribution in [-0.2, 0) is 16.0 Å². The second-order valence-electron chi connectivity index (χ2n) is 5.47. The molecule has 0 aromatic heterocycles. The van der Waals surface area contributed by atoms with Gasteiger partial charge in [-0.25, -0.2) is 0 Å². The summed E-state index contributed by atoms with van der Waals surface area (Å²) < 4.78 is 5.05. The molecule has 1 heterocycles.